The number of aryl methyl sites for hydroxylation is 1. The summed E-state index contributed by atoms with van der Waals surface area (Å²) in [5.41, 5.74) is 0.864. The van der Waals surface area contributed by atoms with Gasteiger partial charge < -0.3 is 4.57 Å². The number of hydrogen-bond acceptors (Lipinski definition) is 2. The van der Waals surface area contributed by atoms with Gasteiger partial charge in [0.1, 0.15) is 0 Å². The van der Waals surface area contributed by atoms with E-state index in [4.69, 9.17) is 0 Å². The molecule has 0 bridgehead atoms. The van der Waals surface area contributed by atoms with E-state index in [1.165, 1.54) is 4.70 Å². The van der Waals surface area contributed by atoms with Crippen LogP contribution >= 0.6 is 11.3 Å². The van der Waals surface area contributed by atoms with Crippen molar-refractivity contribution in [2.24, 2.45) is 0 Å². The third-order valence-corrected chi connectivity index (χ3v) is 4.01. The summed E-state index contributed by atoms with van der Waals surface area (Å²) in [5.74, 6) is 0.223. The van der Waals surface area contributed by atoms with Crippen molar-refractivity contribution in [3.8, 4) is 0 Å². The number of rotatable bonds is 4. The van der Waals surface area contributed by atoms with Crippen LogP contribution in [0.3, 0.4) is 0 Å². The number of carbonyl (C=O) groups is 1. The van der Waals surface area contributed by atoms with Crippen LogP contribution in [-0.2, 0) is 6.54 Å². The predicted octanol–water partition coefficient (Wildman–Crippen LogP) is 3.98. The Morgan fingerprint density at radius 2 is 1.89 bits per heavy atom. The average Bonchev–Trinajstić information content (AvgIpc) is 3.05. The van der Waals surface area contributed by atoms with Crippen molar-refractivity contribution in [1.82, 2.24) is 4.57 Å². The Morgan fingerprint density at radius 3 is 2.72 bits per heavy atom. The van der Waals surface area contributed by atoms with Crippen LogP contribution in [0.15, 0.2) is 54.2 Å². The smallest absolute Gasteiger partial charge is 0.166 e. The van der Waals surface area contributed by atoms with Crippen LogP contribution in [0.25, 0.3) is 10.1 Å². The normalized spacial score (nSPS) is 10.9. The topological polar surface area (TPSA) is 22.0 Å². The van der Waals surface area contributed by atoms with E-state index in [2.05, 4.69) is 6.07 Å². The molecule has 0 radical (unpaired) electrons. The van der Waals surface area contributed by atoms with E-state index in [1.54, 1.807) is 11.3 Å². The van der Waals surface area contributed by atoms with Crippen LogP contribution in [0.4, 0.5) is 0 Å². The second-order valence-corrected chi connectivity index (χ2v) is 5.15. The molecule has 3 aromatic rings. The summed E-state index contributed by atoms with van der Waals surface area (Å²) in [6.07, 6.45) is 4.52. The van der Waals surface area contributed by atoms with E-state index < -0.39 is 0 Å². The molecule has 0 atom stereocenters. The number of hydrogen-bond donors (Lipinski definition) is 0. The number of aromatic nitrogens is 1. The summed E-state index contributed by atoms with van der Waals surface area (Å²) < 4.78 is 3.22. The number of fused-ring (bicyclic) bond motifs is 1. The summed E-state index contributed by atoms with van der Waals surface area (Å²) in [5, 5.41) is 3.06. The Labute approximate surface area is 109 Å². The maximum Gasteiger partial charge on any atom is 0.166 e. The zero-order chi connectivity index (χ0) is 12.4. The molecule has 3 heteroatoms. The van der Waals surface area contributed by atoms with Gasteiger partial charge >= 0.3 is 0 Å². The van der Waals surface area contributed by atoms with Crippen molar-refractivity contribution in [1.29, 1.82) is 0 Å². The maximum absolute atomic E-state index is 12.2. The molecule has 0 aliphatic rings. The van der Waals surface area contributed by atoms with E-state index in [9.17, 15) is 4.79 Å². The van der Waals surface area contributed by atoms with Gasteiger partial charge in [0.25, 0.3) is 0 Å². The Morgan fingerprint density at radius 1 is 1.11 bits per heavy atom. The molecule has 0 saturated heterocycles. The molecular formula is C15H13NOS. The summed E-state index contributed by atoms with van der Waals surface area (Å²) >= 11 is 1.64. The molecule has 0 aliphatic carbocycles. The summed E-state index contributed by atoms with van der Waals surface area (Å²) in [7, 11) is 0. The zero-order valence-electron chi connectivity index (χ0n) is 9.87. The fraction of sp³-hybridized carbons (Fsp3) is 0.133. The number of ketones is 1. The first-order valence-corrected chi connectivity index (χ1v) is 6.83. The quantitative estimate of drug-likeness (QED) is 0.646. The second-order valence-electron chi connectivity index (χ2n) is 4.24. The molecule has 0 fully saturated rings. The van der Waals surface area contributed by atoms with E-state index in [1.807, 2.05) is 52.7 Å². The van der Waals surface area contributed by atoms with Gasteiger partial charge in [0.05, 0.1) is 0 Å². The van der Waals surface area contributed by atoms with Gasteiger partial charge in [-0.1, -0.05) is 18.2 Å². The molecule has 2 heterocycles. The Bertz CT molecular complexity index is 667. The largest absolute Gasteiger partial charge is 0.354 e. The minimum absolute atomic E-state index is 0.223. The van der Waals surface area contributed by atoms with Crippen LogP contribution in [0.5, 0.6) is 0 Å². The van der Waals surface area contributed by atoms with Gasteiger partial charge in [0.2, 0.25) is 0 Å². The van der Waals surface area contributed by atoms with E-state index in [-0.39, 0.29) is 5.78 Å². The van der Waals surface area contributed by atoms with Crippen LogP contribution in [0, 0.1) is 0 Å². The standard InChI is InChI=1S/C15H13NOS/c17-14(7-10-16-8-3-4-9-16)13-11-18-15-6-2-1-5-12(13)15/h1-6,8-9,11H,7,10H2. The minimum atomic E-state index is 0.223. The summed E-state index contributed by atoms with van der Waals surface area (Å²) in [6, 6.07) is 12.0. The van der Waals surface area contributed by atoms with Crippen LogP contribution < -0.4 is 0 Å². The number of thiophene rings is 1. The first-order chi connectivity index (χ1) is 8.84. The van der Waals surface area contributed by atoms with Gasteiger partial charge in [-0.25, -0.2) is 0 Å². The van der Waals surface area contributed by atoms with Crippen LogP contribution in [0.1, 0.15) is 16.8 Å². The highest BCUT2D eigenvalue weighted by molar-refractivity contribution is 7.17. The van der Waals surface area contributed by atoms with Gasteiger partial charge in [-0.3, -0.25) is 4.79 Å². The van der Waals surface area contributed by atoms with Crippen molar-refractivity contribution in [3.05, 3.63) is 59.7 Å². The van der Waals surface area contributed by atoms with Gasteiger partial charge in [-0.05, 0) is 18.2 Å². The second kappa shape index (κ2) is 4.78. The van der Waals surface area contributed by atoms with Crippen molar-refractivity contribution < 1.29 is 4.79 Å². The van der Waals surface area contributed by atoms with E-state index >= 15 is 0 Å². The lowest BCUT2D eigenvalue weighted by Gasteiger charge is -2.02. The number of nitrogens with zero attached hydrogens (tertiary/aromatic N) is 1. The maximum atomic E-state index is 12.2. The first kappa shape index (κ1) is 11.2. The molecule has 2 nitrogen and oxygen atoms in total. The fourth-order valence-electron chi connectivity index (χ4n) is 2.08. The number of carbonyl (C=O) groups excluding carboxylic acids is 1. The molecule has 0 amide bonds. The predicted molar refractivity (Wildman–Crippen MR) is 75.2 cm³/mol. The Hall–Kier alpha value is -1.87. The third kappa shape index (κ3) is 2.09. The molecule has 0 spiro atoms. The molecule has 3 rings (SSSR count). The SMILES string of the molecule is O=C(CCn1cccc1)c1csc2ccccc12. The van der Waals surface area contributed by atoms with Gasteiger partial charge in [0, 0.05) is 46.4 Å². The molecule has 0 unspecified atom stereocenters. The lowest BCUT2D eigenvalue weighted by atomic mass is 10.1. The Kier molecular flexibility index (Phi) is 2.99. The average molecular weight is 255 g/mol. The molecule has 0 N–H and O–H groups in total. The van der Waals surface area contributed by atoms with Gasteiger partial charge in [0.15, 0.2) is 5.78 Å². The zero-order valence-corrected chi connectivity index (χ0v) is 10.7. The molecule has 2 aromatic heterocycles. The number of Topliss-reactive ketones (excluding diaryl/α,β-unsaturated/α-hetero) is 1. The third-order valence-electron chi connectivity index (χ3n) is 3.04. The first-order valence-electron chi connectivity index (χ1n) is 5.95. The summed E-state index contributed by atoms with van der Waals surface area (Å²) in [4.78, 5) is 12.2. The lowest BCUT2D eigenvalue weighted by Crippen LogP contribution is -2.04. The van der Waals surface area contributed by atoms with Crippen molar-refractivity contribution in [2.75, 3.05) is 0 Å². The van der Waals surface area contributed by atoms with E-state index in [0.29, 0.717) is 6.42 Å². The van der Waals surface area contributed by atoms with Crippen molar-refractivity contribution in [3.63, 3.8) is 0 Å². The van der Waals surface area contributed by atoms with Gasteiger partial charge in [-0.2, -0.15) is 0 Å². The van der Waals surface area contributed by atoms with Crippen LogP contribution in [-0.4, -0.2) is 10.4 Å². The highest BCUT2D eigenvalue weighted by Crippen LogP contribution is 2.26. The number of benzene rings is 1. The fourth-order valence-corrected chi connectivity index (χ4v) is 3.04. The molecule has 1 aromatic carbocycles. The lowest BCUT2D eigenvalue weighted by molar-refractivity contribution is 0.0979. The highest BCUT2D eigenvalue weighted by Gasteiger charge is 2.11. The molecule has 90 valence electrons. The Balaban J connectivity index is 1.80. The highest BCUT2D eigenvalue weighted by atomic mass is 32.1. The summed E-state index contributed by atoms with van der Waals surface area (Å²) in [6.45, 7) is 0.746. The van der Waals surface area contributed by atoms with Crippen LogP contribution in [0.2, 0.25) is 0 Å². The molecule has 18 heavy (non-hydrogen) atoms. The molecular weight excluding hydrogens is 242 g/mol. The van der Waals surface area contributed by atoms with Gasteiger partial charge in [-0.15, -0.1) is 11.3 Å². The molecule has 0 saturated carbocycles. The van der Waals surface area contributed by atoms with Crippen molar-refractivity contribution >= 4 is 27.2 Å². The van der Waals surface area contributed by atoms with E-state index in [0.717, 1.165) is 17.5 Å². The molecule has 0 aliphatic heterocycles. The monoisotopic (exact) mass is 255 g/mol. The minimum Gasteiger partial charge on any atom is -0.354 e. The van der Waals surface area contributed by atoms with Crippen molar-refractivity contribution in [2.45, 2.75) is 13.0 Å².